The molecule has 7 aromatic carbocycles. The summed E-state index contributed by atoms with van der Waals surface area (Å²) in [6.07, 6.45) is -9.24. The number of benzene rings is 7. The SMILES string of the molecule is CC1(C)OB(B2OC(C)(C)C(C)(C)O2)OC1(C)C.CC1(C)OB(c2ccc(C(F)(F)C3CCN(C(=O)C(F)(F)F)CC3)cc2)OC1(C)C.CCC(=O)N1CCC(C(F)(F)c2ccc(-c3cnc4ccccc4c3C)cc2)CC1.Cc1c(-c2ccc(C(F)(F)C3CCNCC3)cc2)cnc2ccccc12.O=C(N1CCC(C(F)(F)c2ccc(Br)cc2)CC1)C(F)(F)F.O=C(c1ccc(Br)cc1)C1CCN(C(=O)C(F)(F)F)CC1. The van der Waals surface area contributed by atoms with Crippen molar-refractivity contribution < 1.29 is 127 Å². The fourth-order valence-electron chi connectivity index (χ4n) is 18.9. The summed E-state index contributed by atoms with van der Waals surface area (Å²) in [6.45, 7) is 30.4. The molecule has 1 N–H and O–H groups in total. The molecular weight excluding hydrogens is 2070 g/mol. The molecule has 0 bridgehead atoms. The third-order valence-corrected chi connectivity index (χ3v) is 31.2. The van der Waals surface area contributed by atoms with Crippen LogP contribution in [-0.2, 0) is 70.8 Å². The number of piperidine rings is 5. The van der Waals surface area contributed by atoms with Crippen LogP contribution in [0.2, 0.25) is 0 Å². The summed E-state index contributed by atoms with van der Waals surface area (Å²) < 4.78 is 267. The fourth-order valence-corrected chi connectivity index (χ4v) is 19.4. The smallest absolute Gasteiger partial charge is 0.405 e. The standard InChI is InChI=1S/C25H26F2N2O.C22H22F2N2.C20H25BF5NO3.C14H13BrF5NO.C14H13BrF3NO2.C12H24B2O4/c1-3-24(30)29-14-12-20(13-15-29)25(26,27)19-10-8-18(9-11-19)22-16-28-23-7-5-4-6-21(23)17(22)2;1-15-19-4-2-3-5-21(19)26-14-20(15)16-6-8-17(9-7-16)22(23,24)18-10-12-25-13-11-18;1-17(2)18(3,4)30-21(29-17)15-7-5-13(6-8-15)19(22,23)14-9-11-27(12-10-14)16(28)20(24,25)26;15-11-3-1-9(2-4-11)13(16,17)10-5-7-21(8-6-10)12(22)14(18,19)20;15-11-3-1-9(2-4-11)12(20)10-5-7-19(8-6-10)13(21)14(16,17)18;1-9(2)10(3,4)16-13(15-9)14-17-11(5,6)12(7,8)18-14/h4-11,16,20H,3,12-15H2,1-2H3;2-9,14,18,25H,10-13H2,1H3;5-8,14H,9-12H2,1-4H3;1-4,10H,5-8H2;1-4,10H,5-8H2;1-8H3. The molecule has 2 aromatic heterocycles. The number of alkyl halides is 17. The molecule has 8 aliphatic rings. The molecule has 8 fully saturated rings. The Morgan fingerprint density at radius 2 is 0.633 bits per heavy atom. The maximum atomic E-state index is 15.2. The minimum absolute atomic E-state index is 0.0364. The zero-order valence-corrected chi connectivity index (χ0v) is 87.8. The zero-order chi connectivity index (χ0) is 108. The average Bonchev–Trinajstić information content (AvgIpc) is 1.59. The number of pyridine rings is 2. The van der Waals surface area contributed by atoms with E-state index in [1.807, 2.05) is 151 Å². The highest BCUT2D eigenvalue weighted by atomic mass is 79.9. The number of ketones is 1. The lowest BCUT2D eigenvalue weighted by Crippen LogP contribution is -2.47. The predicted molar refractivity (Wildman–Crippen MR) is 538 cm³/mol. The van der Waals surface area contributed by atoms with Crippen molar-refractivity contribution in [3.05, 3.63) is 230 Å². The molecule has 0 saturated carbocycles. The monoisotopic (exact) mass is 2200 g/mol. The largest absolute Gasteiger partial charge is 0.494 e. The molecule has 0 spiro atoms. The first-order valence-corrected chi connectivity index (χ1v) is 50.7. The first-order chi connectivity index (χ1) is 68.4. The Morgan fingerprint density at radius 3 is 0.946 bits per heavy atom. The number of aromatic nitrogens is 2. The molecule has 9 aromatic rings. The molecule has 0 radical (unpaired) electrons. The van der Waals surface area contributed by atoms with Gasteiger partial charge >= 0.3 is 57.4 Å². The summed E-state index contributed by atoms with van der Waals surface area (Å²) in [5.74, 6) is -21.7. The normalized spacial score (nSPS) is 19.6. The Labute approximate surface area is 863 Å². The number of halogens is 19. The quantitative estimate of drug-likeness (QED) is 0.0579. The van der Waals surface area contributed by atoms with Crippen molar-refractivity contribution >= 4 is 110 Å². The summed E-state index contributed by atoms with van der Waals surface area (Å²) in [5, 5.41) is 5.31. The van der Waals surface area contributed by atoms with Crippen molar-refractivity contribution in [2.24, 2.45) is 29.6 Å². The molecule has 8 aliphatic heterocycles. The lowest BCUT2D eigenvalue weighted by Gasteiger charge is -2.36. The van der Waals surface area contributed by atoms with Crippen LogP contribution in [-0.4, -0.2) is 198 Å². The van der Waals surface area contributed by atoms with Gasteiger partial charge in [-0.1, -0.05) is 172 Å². The average molecular weight is 2200 g/mol. The number of para-hydroxylation sites is 2. The molecular formula is C107H123B3Br2F17N7O11. The molecule has 0 unspecified atom stereocenters. The summed E-state index contributed by atoms with van der Waals surface area (Å²) in [7, 11) is -1.62. The van der Waals surface area contributed by atoms with Gasteiger partial charge in [-0.15, -0.1) is 0 Å². The van der Waals surface area contributed by atoms with Crippen LogP contribution in [0.4, 0.5) is 74.6 Å². The van der Waals surface area contributed by atoms with E-state index in [9.17, 15) is 89.8 Å². The Bertz CT molecular complexity index is 5950. The van der Waals surface area contributed by atoms with E-state index in [2.05, 4.69) is 54.1 Å². The number of hydrogen-bond acceptors (Lipinski definition) is 14. The third-order valence-electron chi connectivity index (χ3n) is 30.2. The topological polar surface area (TPSA) is 192 Å². The molecule has 18 nitrogen and oxygen atoms in total. The van der Waals surface area contributed by atoms with E-state index in [1.165, 1.54) is 60.7 Å². The van der Waals surface area contributed by atoms with Gasteiger partial charge in [0.2, 0.25) is 5.91 Å². The van der Waals surface area contributed by atoms with Crippen LogP contribution in [0.3, 0.4) is 0 Å². The predicted octanol–water partition coefficient (Wildman–Crippen LogP) is 25.2. The molecule has 8 saturated heterocycles. The fraction of sp³-hybridized carbons (Fsp3) is 0.505. The molecule has 0 aliphatic carbocycles. The van der Waals surface area contributed by atoms with Crippen molar-refractivity contribution in [1.82, 2.24) is 34.9 Å². The van der Waals surface area contributed by atoms with Crippen LogP contribution in [0, 0.1) is 43.4 Å². The second kappa shape index (κ2) is 46.0. The van der Waals surface area contributed by atoms with Crippen LogP contribution >= 0.6 is 31.9 Å². The molecule has 0 atom stereocenters. The highest BCUT2D eigenvalue weighted by Gasteiger charge is 2.64. The number of nitrogens with zero attached hydrogens (tertiary/aromatic N) is 6. The van der Waals surface area contributed by atoms with Gasteiger partial charge in [0.15, 0.2) is 5.78 Å². The maximum Gasteiger partial charge on any atom is 0.494 e. The highest BCUT2D eigenvalue weighted by Crippen LogP contribution is 2.50. The minimum Gasteiger partial charge on any atom is -0.405 e. The van der Waals surface area contributed by atoms with E-state index < -0.39 is 116 Å². The van der Waals surface area contributed by atoms with E-state index >= 15 is 8.78 Å². The second-order valence-electron chi connectivity index (χ2n) is 41.3. The molecule has 17 rings (SSSR count). The molecule has 147 heavy (non-hydrogen) atoms. The number of carbonyl (C=O) groups is 5. The van der Waals surface area contributed by atoms with Crippen LogP contribution in [0.5, 0.6) is 0 Å². The molecule has 794 valence electrons. The number of fused-ring (bicyclic) bond motifs is 2. The second-order valence-corrected chi connectivity index (χ2v) is 43.2. The Hall–Kier alpha value is -9.41. The minimum atomic E-state index is -4.99. The maximum absolute atomic E-state index is 15.2. The van der Waals surface area contributed by atoms with E-state index in [0.717, 1.165) is 64.6 Å². The number of nitrogens with one attached hydrogen (secondary N) is 1. The van der Waals surface area contributed by atoms with Gasteiger partial charge in [-0.05, 0) is 238 Å². The van der Waals surface area contributed by atoms with Crippen molar-refractivity contribution in [3.63, 3.8) is 0 Å². The van der Waals surface area contributed by atoms with Crippen LogP contribution in [0.25, 0.3) is 44.1 Å². The third kappa shape index (κ3) is 27.2. The van der Waals surface area contributed by atoms with Gasteiger partial charge in [-0.3, -0.25) is 33.9 Å². The number of Topliss-reactive ketones (excluding diaryl/α,β-unsaturated/α-hetero) is 1. The number of amides is 4. The number of carbonyl (C=O) groups excluding carboxylic acids is 5. The zero-order valence-electron chi connectivity index (χ0n) is 84.6. The van der Waals surface area contributed by atoms with Crippen LogP contribution in [0.15, 0.2) is 191 Å². The van der Waals surface area contributed by atoms with Gasteiger partial charge in [-0.25, -0.2) is 35.1 Å². The van der Waals surface area contributed by atoms with Crippen molar-refractivity contribution in [1.29, 1.82) is 0 Å². The highest BCUT2D eigenvalue weighted by molar-refractivity contribution is 9.10. The van der Waals surface area contributed by atoms with Crippen molar-refractivity contribution in [2.75, 3.05) is 65.4 Å². The van der Waals surface area contributed by atoms with Gasteiger partial charge < -0.3 is 52.8 Å². The molecule has 40 heteroatoms. The summed E-state index contributed by atoms with van der Waals surface area (Å²) in [6, 6.07) is 47.3. The van der Waals surface area contributed by atoms with E-state index in [4.69, 9.17) is 27.9 Å². The molecule has 10 heterocycles. The first-order valence-electron chi connectivity index (χ1n) is 49.1. The summed E-state index contributed by atoms with van der Waals surface area (Å²) in [5.41, 5.74) is 6.19. The van der Waals surface area contributed by atoms with Crippen molar-refractivity contribution in [3.8, 4) is 22.3 Å². The van der Waals surface area contributed by atoms with Gasteiger partial charge in [0.05, 0.1) is 44.6 Å². The van der Waals surface area contributed by atoms with E-state index in [-0.39, 0.29) is 140 Å². The number of likely N-dealkylation sites (tertiary alicyclic amines) is 4. The van der Waals surface area contributed by atoms with Gasteiger partial charge in [-0.2, -0.15) is 39.5 Å². The van der Waals surface area contributed by atoms with E-state index in [1.54, 1.807) is 72.5 Å². The van der Waals surface area contributed by atoms with Gasteiger partial charge in [0.25, 0.3) is 23.7 Å². The number of rotatable bonds is 15. The summed E-state index contributed by atoms with van der Waals surface area (Å²) >= 11 is 6.43. The number of aryl methyl sites for hydroxylation is 2. The Kier molecular flexibility index (Phi) is 36.4. The Balaban J connectivity index is 0.000000158. The number of hydrogen-bond donors (Lipinski definition) is 1. The lowest BCUT2D eigenvalue weighted by molar-refractivity contribution is -0.188. The van der Waals surface area contributed by atoms with E-state index in [0.29, 0.717) is 83.6 Å². The lowest BCUT2D eigenvalue weighted by atomic mass is 9.49. The molecule has 4 amide bonds. The summed E-state index contributed by atoms with van der Waals surface area (Å²) in [4.78, 5) is 70.2. The van der Waals surface area contributed by atoms with Crippen LogP contribution < -0.4 is 10.8 Å². The first kappa shape index (κ1) is 116. The van der Waals surface area contributed by atoms with Gasteiger partial charge in [0, 0.05) is 159 Å². The van der Waals surface area contributed by atoms with Crippen LogP contribution in [0.1, 0.15) is 204 Å². The Morgan fingerprint density at radius 1 is 0.361 bits per heavy atom. The van der Waals surface area contributed by atoms with Crippen molar-refractivity contribution in [2.45, 2.75) is 250 Å². The van der Waals surface area contributed by atoms with Gasteiger partial charge in [0.1, 0.15) is 0 Å².